The van der Waals surface area contributed by atoms with Gasteiger partial charge in [0.2, 0.25) is 5.60 Å². The van der Waals surface area contributed by atoms with E-state index < -0.39 is 41.8 Å². The topological polar surface area (TPSA) is 113 Å². The lowest BCUT2D eigenvalue weighted by atomic mass is 9.91. The number of methoxy groups -OCH3 is 1. The maximum Gasteiger partial charge on any atom is 0.424 e. The Morgan fingerprint density at radius 1 is 1.15 bits per heavy atom. The summed E-state index contributed by atoms with van der Waals surface area (Å²) in [6.45, 7) is 0.935. The van der Waals surface area contributed by atoms with E-state index in [1.165, 1.54) is 50.4 Å². The van der Waals surface area contributed by atoms with Gasteiger partial charge < -0.3 is 30.3 Å². The molecule has 2 unspecified atom stereocenters. The first-order valence-corrected chi connectivity index (χ1v) is 12.5. The maximum atomic E-state index is 14.4. The van der Waals surface area contributed by atoms with Gasteiger partial charge in [0.15, 0.2) is 11.5 Å². The van der Waals surface area contributed by atoms with E-state index in [0.29, 0.717) is 24.1 Å². The highest BCUT2D eigenvalue weighted by atomic mass is 19.4. The molecule has 0 radical (unpaired) electrons. The summed E-state index contributed by atoms with van der Waals surface area (Å²) in [6, 6.07) is 11.6. The summed E-state index contributed by atoms with van der Waals surface area (Å²) in [4.78, 5) is 17.0. The summed E-state index contributed by atoms with van der Waals surface area (Å²) in [7, 11) is 1.32. The van der Waals surface area contributed by atoms with Crippen molar-refractivity contribution in [2.75, 3.05) is 26.8 Å². The van der Waals surface area contributed by atoms with Gasteiger partial charge in [-0.05, 0) is 80.1 Å². The van der Waals surface area contributed by atoms with Crippen LogP contribution in [0, 0.1) is 5.82 Å². The molecule has 2 heterocycles. The molecule has 1 amide bonds. The smallest absolute Gasteiger partial charge is 0.424 e. The molecule has 3 aromatic rings. The number of aliphatic hydroxyl groups is 2. The Hall–Kier alpha value is -3.74. The van der Waals surface area contributed by atoms with Crippen molar-refractivity contribution < 1.29 is 42.0 Å². The second-order valence-corrected chi connectivity index (χ2v) is 9.54. The number of halogens is 4. The monoisotopic (exact) mass is 563 g/mol. The molecule has 1 aliphatic heterocycles. The summed E-state index contributed by atoms with van der Waals surface area (Å²) >= 11 is 0. The van der Waals surface area contributed by atoms with E-state index in [1.807, 2.05) is 0 Å². The molecule has 1 fully saturated rings. The molecular formula is C28H29F4N3O5. The van der Waals surface area contributed by atoms with Crippen LogP contribution in [0.5, 0.6) is 11.5 Å². The highest BCUT2D eigenvalue weighted by molar-refractivity contribution is 5.95. The van der Waals surface area contributed by atoms with Crippen LogP contribution in [-0.2, 0) is 5.60 Å². The van der Waals surface area contributed by atoms with E-state index in [-0.39, 0.29) is 35.4 Å². The third-order valence-electron chi connectivity index (χ3n) is 6.52. The normalized spacial score (nSPS) is 17.4. The molecule has 4 rings (SSSR count). The Balaban J connectivity index is 1.64. The molecule has 2 aromatic carbocycles. The number of alkyl halides is 3. The van der Waals surface area contributed by atoms with Crippen molar-refractivity contribution in [1.82, 2.24) is 15.6 Å². The number of hydrogen-bond donors (Lipinski definition) is 4. The molecule has 0 aliphatic carbocycles. The van der Waals surface area contributed by atoms with Crippen LogP contribution in [0.1, 0.15) is 41.0 Å². The summed E-state index contributed by atoms with van der Waals surface area (Å²) < 4.78 is 67.3. The van der Waals surface area contributed by atoms with Gasteiger partial charge in [0, 0.05) is 17.2 Å². The zero-order valence-corrected chi connectivity index (χ0v) is 21.8. The summed E-state index contributed by atoms with van der Waals surface area (Å²) in [5, 5.41) is 25.7. The van der Waals surface area contributed by atoms with E-state index in [2.05, 4.69) is 15.6 Å². The largest absolute Gasteiger partial charge is 0.493 e. The summed E-state index contributed by atoms with van der Waals surface area (Å²) in [5.41, 5.74) is -3.33. The molecular weight excluding hydrogens is 534 g/mol. The molecule has 1 aromatic heterocycles. The second-order valence-electron chi connectivity index (χ2n) is 9.54. The molecule has 3 atom stereocenters. The first kappa shape index (κ1) is 29.2. The number of hydrogen-bond acceptors (Lipinski definition) is 7. The van der Waals surface area contributed by atoms with Gasteiger partial charge in [-0.25, -0.2) is 9.37 Å². The number of ether oxygens (including phenoxy) is 2. The van der Waals surface area contributed by atoms with Gasteiger partial charge in [0.05, 0.1) is 31.1 Å². The number of nitrogens with one attached hydrogen (secondary N) is 2. The van der Waals surface area contributed by atoms with Crippen LogP contribution >= 0.6 is 0 Å². The van der Waals surface area contributed by atoms with Crippen molar-refractivity contribution in [2.45, 2.75) is 37.3 Å². The number of aliphatic hydroxyl groups excluding tert-OH is 1. The van der Waals surface area contributed by atoms with Crippen LogP contribution in [0.15, 0.2) is 54.6 Å². The minimum Gasteiger partial charge on any atom is -0.493 e. The minimum atomic E-state index is -5.21. The Labute approximate surface area is 228 Å². The van der Waals surface area contributed by atoms with Crippen molar-refractivity contribution in [2.24, 2.45) is 0 Å². The number of pyridine rings is 1. The van der Waals surface area contributed by atoms with Gasteiger partial charge in [-0.15, -0.1) is 0 Å². The molecule has 0 spiro atoms. The molecule has 0 bridgehead atoms. The zero-order valence-electron chi connectivity index (χ0n) is 21.8. The lowest BCUT2D eigenvalue weighted by molar-refractivity contribution is -0.265. The van der Waals surface area contributed by atoms with Gasteiger partial charge in [-0.1, -0.05) is 0 Å². The number of rotatable bonds is 10. The van der Waals surface area contributed by atoms with E-state index in [1.54, 1.807) is 6.07 Å². The molecule has 1 aliphatic rings. The number of amides is 1. The maximum absolute atomic E-state index is 14.4. The van der Waals surface area contributed by atoms with Crippen LogP contribution in [-0.4, -0.2) is 60.2 Å². The van der Waals surface area contributed by atoms with Crippen molar-refractivity contribution in [1.29, 1.82) is 0 Å². The fraction of sp³-hybridized carbons (Fsp3) is 0.357. The van der Waals surface area contributed by atoms with Gasteiger partial charge in [-0.3, -0.25) is 4.79 Å². The first-order chi connectivity index (χ1) is 18.9. The SMILES string of the molecule is COc1cc(C(=O)NCC(O)(c2cc(C3CCN3)cc(-c3ccc(F)cc3)n2)C(F)(F)F)ccc1OC[C@@H](C)O. The van der Waals surface area contributed by atoms with E-state index in [9.17, 15) is 32.6 Å². The fourth-order valence-corrected chi connectivity index (χ4v) is 4.09. The molecule has 1 saturated heterocycles. The number of aromatic nitrogens is 1. The lowest BCUT2D eigenvalue weighted by Crippen LogP contribution is -2.51. The van der Waals surface area contributed by atoms with Crippen LogP contribution < -0.4 is 20.1 Å². The Morgan fingerprint density at radius 3 is 2.42 bits per heavy atom. The number of carbonyl (C=O) groups is 1. The number of benzene rings is 2. The average Bonchev–Trinajstić information content (AvgIpc) is 2.88. The van der Waals surface area contributed by atoms with Crippen molar-refractivity contribution in [3.05, 3.63) is 77.2 Å². The highest BCUT2D eigenvalue weighted by Gasteiger charge is 2.56. The lowest BCUT2D eigenvalue weighted by Gasteiger charge is -2.33. The predicted molar refractivity (Wildman–Crippen MR) is 137 cm³/mol. The summed E-state index contributed by atoms with van der Waals surface area (Å²) in [5.74, 6) is -1.07. The highest BCUT2D eigenvalue weighted by Crippen LogP contribution is 2.40. The van der Waals surface area contributed by atoms with E-state index in [0.717, 1.165) is 12.1 Å². The molecule has 8 nitrogen and oxygen atoms in total. The fourth-order valence-electron chi connectivity index (χ4n) is 4.09. The van der Waals surface area contributed by atoms with Gasteiger partial charge in [0.1, 0.15) is 12.4 Å². The predicted octanol–water partition coefficient (Wildman–Crippen LogP) is 3.87. The van der Waals surface area contributed by atoms with E-state index in [4.69, 9.17) is 9.47 Å². The molecule has 214 valence electrons. The number of nitrogens with zero attached hydrogens (tertiary/aromatic N) is 1. The van der Waals surface area contributed by atoms with E-state index >= 15 is 0 Å². The Morgan fingerprint density at radius 2 is 1.85 bits per heavy atom. The Kier molecular flexibility index (Phi) is 8.62. The minimum absolute atomic E-state index is 0.0388. The van der Waals surface area contributed by atoms with Gasteiger partial charge >= 0.3 is 6.18 Å². The van der Waals surface area contributed by atoms with Crippen LogP contribution in [0.25, 0.3) is 11.3 Å². The molecule has 12 heteroatoms. The zero-order chi connectivity index (χ0) is 29.1. The van der Waals surface area contributed by atoms with Gasteiger partial charge in [-0.2, -0.15) is 13.2 Å². The standard InChI is InChI=1S/C28H29F4N3O5/c1-16(36)14-40-23-8-5-18(12-24(23)39-2)26(37)34-15-27(38,28(30,31)32)25-13-19(21-9-10-33-21)11-22(35-25)17-3-6-20(29)7-4-17/h3-8,11-13,16,21,33,36,38H,9-10,14-15H2,1-2H3,(H,34,37)/t16-,21?,27?/m1/s1. The van der Waals surface area contributed by atoms with Crippen molar-refractivity contribution in [3.8, 4) is 22.8 Å². The second kappa shape index (κ2) is 11.8. The van der Waals surface area contributed by atoms with Crippen LogP contribution in [0.3, 0.4) is 0 Å². The van der Waals surface area contributed by atoms with Gasteiger partial charge in [0.25, 0.3) is 5.91 Å². The Bertz CT molecular complexity index is 1350. The van der Waals surface area contributed by atoms with Crippen molar-refractivity contribution in [3.63, 3.8) is 0 Å². The molecule has 40 heavy (non-hydrogen) atoms. The third kappa shape index (κ3) is 6.35. The van der Waals surface area contributed by atoms with Crippen LogP contribution in [0.4, 0.5) is 17.6 Å². The molecule has 0 saturated carbocycles. The first-order valence-electron chi connectivity index (χ1n) is 12.5. The summed E-state index contributed by atoms with van der Waals surface area (Å²) in [6.07, 6.45) is -5.30. The van der Waals surface area contributed by atoms with Crippen LogP contribution in [0.2, 0.25) is 0 Å². The quantitative estimate of drug-likeness (QED) is 0.277. The number of carbonyl (C=O) groups excluding carboxylic acids is 1. The third-order valence-corrected chi connectivity index (χ3v) is 6.52. The molecule has 4 N–H and O–H groups in total. The average molecular weight is 564 g/mol. The van der Waals surface area contributed by atoms with Crippen molar-refractivity contribution >= 4 is 5.91 Å².